The fourth-order valence-electron chi connectivity index (χ4n) is 2.66. The maximum Gasteiger partial charge on any atom is 0.247 e. The lowest BCUT2D eigenvalue weighted by Crippen LogP contribution is -2.36. The van der Waals surface area contributed by atoms with E-state index in [1.165, 1.54) is 0 Å². The average molecular weight is 312 g/mol. The van der Waals surface area contributed by atoms with Gasteiger partial charge in [0, 0.05) is 15.6 Å². The second kappa shape index (κ2) is 5.35. The van der Waals surface area contributed by atoms with Crippen molar-refractivity contribution in [1.29, 1.82) is 0 Å². The van der Waals surface area contributed by atoms with Crippen molar-refractivity contribution in [3.8, 4) is 11.4 Å². The van der Waals surface area contributed by atoms with Crippen LogP contribution in [0.15, 0.2) is 22.7 Å². The van der Waals surface area contributed by atoms with Gasteiger partial charge in [0.1, 0.15) is 0 Å². The molecule has 2 aromatic rings. The summed E-state index contributed by atoms with van der Waals surface area (Å²) in [6.07, 6.45) is 3.06. The van der Waals surface area contributed by atoms with Crippen LogP contribution >= 0.6 is 23.2 Å². The Hall–Kier alpha value is -1.10. The normalized spacial score (nSPS) is 22.4. The SMILES string of the molecule is CCC1(c2nc(-c3cc(Cl)cc(Cl)c3)no2)CCCN1. The van der Waals surface area contributed by atoms with Gasteiger partial charge >= 0.3 is 0 Å². The molecule has 1 unspecified atom stereocenters. The fourth-order valence-corrected chi connectivity index (χ4v) is 3.19. The van der Waals surface area contributed by atoms with Crippen molar-refractivity contribution in [2.45, 2.75) is 31.7 Å². The summed E-state index contributed by atoms with van der Waals surface area (Å²) in [6, 6.07) is 5.24. The van der Waals surface area contributed by atoms with Gasteiger partial charge < -0.3 is 9.84 Å². The third-order valence-electron chi connectivity index (χ3n) is 3.80. The minimum absolute atomic E-state index is 0.187. The van der Waals surface area contributed by atoms with Gasteiger partial charge in [-0.15, -0.1) is 0 Å². The zero-order valence-corrected chi connectivity index (χ0v) is 12.6. The fraction of sp³-hybridized carbons (Fsp3) is 0.429. The number of nitrogens with zero attached hydrogens (tertiary/aromatic N) is 2. The molecule has 1 N–H and O–H groups in total. The van der Waals surface area contributed by atoms with Crippen LogP contribution in [0.2, 0.25) is 10.0 Å². The van der Waals surface area contributed by atoms with Gasteiger partial charge in [0.2, 0.25) is 11.7 Å². The van der Waals surface area contributed by atoms with Crippen LogP contribution < -0.4 is 5.32 Å². The van der Waals surface area contributed by atoms with Gasteiger partial charge in [-0.25, -0.2) is 0 Å². The number of benzene rings is 1. The van der Waals surface area contributed by atoms with E-state index in [1.54, 1.807) is 18.2 Å². The molecule has 1 saturated heterocycles. The lowest BCUT2D eigenvalue weighted by molar-refractivity contribution is 0.250. The Labute approximate surface area is 127 Å². The van der Waals surface area contributed by atoms with E-state index < -0.39 is 0 Å². The molecule has 0 saturated carbocycles. The maximum atomic E-state index is 6.01. The van der Waals surface area contributed by atoms with E-state index in [9.17, 15) is 0 Å². The molecule has 1 fully saturated rings. The van der Waals surface area contributed by atoms with Crippen LogP contribution in [0.4, 0.5) is 0 Å². The highest BCUT2D eigenvalue weighted by Crippen LogP contribution is 2.34. The molecular formula is C14H15Cl2N3O. The van der Waals surface area contributed by atoms with Crippen molar-refractivity contribution < 1.29 is 4.52 Å². The van der Waals surface area contributed by atoms with Crippen LogP contribution in [0.5, 0.6) is 0 Å². The van der Waals surface area contributed by atoms with Gasteiger partial charge in [-0.3, -0.25) is 0 Å². The summed E-state index contributed by atoms with van der Waals surface area (Å²) < 4.78 is 5.47. The van der Waals surface area contributed by atoms with Crippen LogP contribution in [0.1, 0.15) is 32.1 Å². The lowest BCUT2D eigenvalue weighted by atomic mass is 9.94. The van der Waals surface area contributed by atoms with Gasteiger partial charge in [-0.05, 0) is 44.0 Å². The molecule has 3 rings (SSSR count). The summed E-state index contributed by atoms with van der Waals surface area (Å²) in [6.45, 7) is 3.10. The Bertz CT molecular complexity index is 600. The molecular weight excluding hydrogens is 297 g/mol. The van der Waals surface area contributed by atoms with Crippen molar-refractivity contribution in [3.05, 3.63) is 34.1 Å². The minimum atomic E-state index is -0.187. The molecule has 1 aromatic heterocycles. The zero-order valence-electron chi connectivity index (χ0n) is 11.1. The van der Waals surface area contributed by atoms with Crippen molar-refractivity contribution in [3.63, 3.8) is 0 Å². The summed E-state index contributed by atoms with van der Waals surface area (Å²) >= 11 is 12.0. The van der Waals surface area contributed by atoms with Crippen molar-refractivity contribution in [2.75, 3.05) is 6.54 Å². The molecule has 0 spiro atoms. The highest BCUT2D eigenvalue weighted by Gasteiger charge is 2.38. The zero-order chi connectivity index (χ0) is 14.2. The largest absolute Gasteiger partial charge is 0.337 e. The summed E-state index contributed by atoms with van der Waals surface area (Å²) in [4.78, 5) is 4.53. The predicted octanol–water partition coefficient (Wildman–Crippen LogP) is 4.03. The molecule has 0 aliphatic carbocycles. The van der Waals surface area contributed by atoms with Crippen molar-refractivity contribution in [2.24, 2.45) is 0 Å². The van der Waals surface area contributed by atoms with Gasteiger partial charge in [0.05, 0.1) is 5.54 Å². The molecule has 1 atom stereocenters. The van der Waals surface area contributed by atoms with Crippen molar-refractivity contribution >= 4 is 23.2 Å². The maximum absolute atomic E-state index is 6.01. The van der Waals surface area contributed by atoms with Crippen LogP contribution in [0.3, 0.4) is 0 Å². The van der Waals surface area contributed by atoms with E-state index in [4.69, 9.17) is 27.7 Å². The first kappa shape index (κ1) is 13.9. The highest BCUT2D eigenvalue weighted by molar-refractivity contribution is 6.35. The molecule has 1 aliphatic heterocycles. The van der Waals surface area contributed by atoms with Crippen molar-refractivity contribution in [1.82, 2.24) is 15.5 Å². The third kappa shape index (κ3) is 2.43. The van der Waals surface area contributed by atoms with E-state index in [0.717, 1.165) is 31.4 Å². The van der Waals surface area contributed by atoms with Gasteiger partial charge in [-0.2, -0.15) is 4.98 Å². The van der Waals surface area contributed by atoms with E-state index in [1.807, 2.05) is 0 Å². The number of hydrogen-bond donors (Lipinski definition) is 1. The first-order valence-electron chi connectivity index (χ1n) is 6.69. The second-order valence-corrected chi connectivity index (χ2v) is 5.92. The molecule has 2 heterocycles. The van der Waals surface area contributed by atoms with E-state index in [-0.39, 0.29) is 5.54 Å². The molecule has 0 radical (unpaired) electrons. The quantitative estimate of drug-likeness (QED) is 0.929. The summed E-state index contributed by atoms with van der Waals surface area (Å²) in [5.74, 6) is 1.16. The number of aromatic nitrogens is 2. The van der Waals surface area contributed by atoms with E-state index in [0.29, 0.717) is 21.8 Å². The second-order valence-electron chi connectivity index (χ2n) is 5.05. The Morgan fingerprint density at radius 1 is 1.30 bits per heavy atom. The highest BCUT2D eigenvalue weighted by atomic mass is 35.5. The first-order chi connectivity index (χ1) is 9.63. The molecule has 0 amide bonds. The van der Waals surface area contributed by atoms with Gasteiger partial charge in [0.25, 0.3) is 0 Å². The molecule has 4 nitrogen and oxygen atoms in total. The third-order valence-corrected chi connectivity index (χ3v) is 4.24. The average Bonchev–Trinajstić information content (AvgIpc) is 3.07. The Morgan fingerprint density at radius 3 is 2.65 bits per heavy atom. The molecule has 106 valence electrons. The Kier molecular flexibility index (Phi) is 3.71. The Morgan fingerprint density at radius 2 is 2.05 bits per heavy atom. The smallest absolute Gasteiger partial charge is 0.247 e. The molecule has 1 aromatic carbocycles. The minimum Gasteiger partial charge on any atom is -0.337 e. The molecule has 6 heteroatoms. The first-order valence-corrected chi connectivity index (χ1v) is 7.44. The van der Waals surface area contributed by atoms with E-state index >= 15 is 0 Å². The standard InChI is InChI=1S/C14H15Cl2N3O/c1-2-14(4-3-5-17-14)13-18-12(19-20-13)9-6-10(15)8-11(16)7-9/h6-8,17H,2-5H2,1H3. The molecule has 20 heavy (non-hydrogen) atoms. The van der Waals surface area contributed by atoms with Crippen LogP contribution in [0, 0.1) is 0 Å². The number of hydrogen-bond acceptors (Lipinski definition) is 4. The summed E-state index contributed by atoms with van der Waals surface area (Å²) in [7, 11) is 0. The molecule has 0 bridgehead atoms. The number of halogens is 2. The summed E-state index contributed by atoms with van der Waals surface area (Å²) in [5, 5.41) is 8.65. The number of rotatable bonds is 3. The van der Waals surface area contributed by atoms with Crippen LogP contribution in [-0.4, -0.2) is 16.7 Å². The van der Waals surface area contributed by atoms with Gasteiger partial charge in [-0.1, -0.05) is 35.3 Å². The number of nitrogens with one attached hydrogen (secondary N) is 1. The lowest BCUT2D eigenvalue weighted by Gasteiger charge is -2.22. The van der Waals surface area contributed by atoms with Gasteiger partial charge in [0.15, 0.2) is 0 Å². The van der Waals surface area contributed by atoms with Crippen LogP contribution in [0.25, 0.3) is 11.4 Å². The molecule has 1 aliphatic rings. The Balaban J connectivity index is 1.97. The topological polar surface area (TPSA) is 51.0 Å². The predicted molar refractivity (Wildman–Crippen MR) is 79.0 cm³/mol. The summed E-state index contributed by atoms with van der Waals surface area (Å²) in [5.41, 5.74) is 0.579. The van der Waals surface area contributed by atoms with Crippen LogP contribution in [-0.2, 0) is 5.54 Å². The monoisotopic (exact) mass is 311 g/mol. The van der Waals surface area contributed by atoms with E-state index in [2.05, 4.69) is 22.4 Å².